The summed E-state index contributed by atoms with van der Waals surface area (Å²) in [6.07, 6.45) is 1.02. The molecular formula is C25H23NO5S. The standard InChI is InChI=1S/C25H23NO5S/c1-2-30-24(28)22-19-14-9-15-20(27)21(19)23(32-22)26(18-12-7-4-8-13-18)25(29)31-16-17-10-5-3-6-11-17/h3-8,10-13H,2,9,14-16H2,1H3. The summed E-state index contributed by atoms with van der Waals surface area (Å²) in [4.78, 5) is 40.6. The Hall–Kier alpha value is -3.45. The molecule has 2 aromatic carbocycles. The van der Waals surface area contributed by atoms with E-state index in [2.05, 4.69) is 0 Å². The van der Waals surface area contributed by atoms with Crippen LogP contribution in [0.2, 0.25) is 0 Å². The fraction of sp³-hybridized carbons (Fsp3) is 0.240. The fourth-order valence-corrected chi connectivity index (χ4v) is 4.99. The summed E-state index contributed by atoms with van der Waals surface area (Å²) in [5.74, 6) is -0.551. The third kappa shape index (κ3) is 4.43. The highest BCUT2D eigenvalue weighted by Crippen LogP contribution is 2.43. The number of ketones is 1. The number of amides is 1. The summed E-state index contributed by atoms with van der Waals surface area (Å²) in [5, 5.41) is 0.400. The number of Topliss-reactive ketones (excluding diaryl/α,β-unsaturated/α-hetero) is 1. The summed E-state index contributed by atoms with van der Waals surface area (Å²) in [7, 11) is 0. The number of hydrogen-bond donors (Lipinski definition) is 0. The number of hydrogen-bond acceptors (Lipinski definition) is 6. The Morgan fingerprint density at radius 1 is 0.969 bits per heavy atom. The Labute approximate surface area is 190 Å². The molecule has 0 spiro atoms. The molecule has 6 nitrogen and oxygen atoms in total. The first-order valence-corrected chi connectivity index (χ1v) is 11.3. The molecule has 0 N–H and O–H groups in total. The number of benzene rings is 2. The number of fused-ring (bicyclic) bond motifs is 1. The van der Waals surface area contributed by atoms with E-state index >= 15 is 0 Å². The molecule has 1 aliphatic carbocycles. The third-order valence-electron chi connectivity index (χ3n) is 5.16. The zero-order valence-corrected chi connectivity index (χ0v) is 18.5. The smallest absolute Gasteiger partial charge is 0.419 e. The summed E-state index contributed by atoms with van der Waals surface area (Å²) in [6.45, 7) is 2.06. The largest absolute Gasteiger partial charge is 0.462 e. The topological polar surface area (TPSA) is 72.9 Å². The van der Waals surface area contributed by atoms with E-state index in [1.165, 1.54) is 4.90 Å². The Kier molecular flexibility index (Phi) is 6.66. The van der Waals surface area contributed by atoms with Crippen LogP contribution in [0, 0.1) is 0 Å². The molecule has 7 heteroatoms. The number of nitrogens with zero attached hydrogens (tertiary/aromatic N) is 1. The Bertz CT molecular complexity index is 1120. The highest BCUT2D eigenvalue weighted by molar-refractivity contribution is 7.18. The van der Waals surface area contributed by atoms with Gasteiger partial charge in [0.1, 0.15) is 16.5 Å². The lowest BCUT2D eigenvalue weighted by Gasteiger charge is -2.23. The van der Waals surface area contributed by atoms with Gasteiger partial charge in [-0.3, -0.25) is 4.79 Å². The summed E-state index contributed by atoms with van der Waals surface area (Å²) < 4.78 is 10.8. The molecule has 0 aliphatic heterocycles. The lowest BCUT2D eigenvalue weighted by Crippen LogP contribution is -2.28. The molecule has 4 rings (SSSR count). The van der Waals surface area contributed by atoms with Crippen molar-refractivity contribution >= 4 is 39.9 Å². The van der Waals surface area contributed by atoms with Gasteiger partial charge in [-0.05, 0) is 43.0 Å². The molecule has 32 heavy (non-hydrogen) atoms. The van der Waals surface area contributed by atoms with Crippen LogP contribution in [0.5, 0.6) is 0 Å². The predicted octanol–water partition coefficient (Wildman–Crippen LogP) is 5.92. The summed E-state index contributed by atoms with van der Waals surface area (Å²) >= 11 is 1.11. The van der Waals surface area contributed by atoms with Crippen molar-refractivity contribution in [2.45, 2.75) is 32.8 Å². The number of carbonyl (C=O) groups is 3. The van der Waals surface area contributed by atoms with Crippen molar-refractivity contribution in [1.82, 2.24) is 0 Å². The second-order valence-corrected chi connectivity index (χ2v) is 8.30. The first kappa shape index (κ1) is 21.8. The summed E-state index contributed by atoms with van der Waals surface area (Å²) in [6, 6.07) is 18.4. The Morgan fingerprint density at radius 3 is 2.34 bits per heavy atom. The van der Waals surface area contributed by atoms with E-state index < -0.39 is 12.1 Å². The molecule has 1 heterocycles. The minimum atomic E-state index is -0.613. The van der Waals surface area contributed by atoms with E-state index in [0.29, 0.717) is 46.0 Å². The third-order valence-corrected chi connectivity index (χ3v) is 6.36. The van der Waals surface area contributed by atoms with Gasteiger partial charge in [0, 0.05) is 6.42 Å². The van der Waals surface area contributed by atoms with Gasteiger partial charge in [0.05, 0.1) is 17.9 Å². The normalized spacial score (nSPS) is 12.7. The van der Waals surface area contributed by atoms with Crippen molar-refractivity contribution in [3.8, 4) is 0 Å². The van der Waals surface area contributed by atoms with Gasteiger partial charge < -0.3 is 9.47 Å². The van der Waals surface area contributed by atoms with Crippen LogP contribution in [0.4, 0.5) is 15.5 Å². The molecule has 0 saturated carbocycles. The van der Waals surface area contributed by atoms with Crippen molar-refractivity contribution in [1.29, 1.82) is 0 Å². The molecule has 1 aromatic heterocycles. The Morgan fingerprint density at radius 2 is 1.66 bits per heavy atom. The zero-order valence-electron chi connectivity index (χ0n) is 17.7. The van der Waals surface area contributed by atoms with Crippen LogP contribution in [0.3, 0.4) is 0 Å². The lowest BCUT2D eigenvalue weighted by molar-refractivity contribution is 0.0530. The van der Waals surface area contributed by atoms with E-state index in [0.717, 1.165) is 16.9 Å². The molecule has 3 aromatic rings. The molecule has 164 valence electrons. The second kappa shape index (κ2) is 9.78. The van der Waals surface area contributed by atoms with E-state index in [-0.39, 0.29) is 19.0 Å². The first-order chi connectivity index (χ1) is 15.6. The highest BCUT2D eigenvalue weighted by atomic mass is 32.1. The van der Waals surface area contributed by atoms with Crippen LogP contribution in [0.25, 0.3) is 0 Å². The van der Waals surface area contributed by atoms with Crippen LogP contribution in [0.15, 0.2) is 60.7 Å². The van der Waals surface area contributed by atoms with E-state index in [1.807, 2.05) is 36.4 Å². The fourth-order valence-electron chi connectivity index (χ4n) is 3.71. The maximum Gasteiger partial charge on any atom is 0.419 e. The quantitative estimate of drug-likeness (QED) is 0.437. The second-order valence-electron chi connectivity index (χ2n) is 7.30. The minimum Gasteiger partial charge on any atom is -0.462 e. The molecule has 0 bridgehead atoms. The van der Waals surface area contributed by atoms with Gasteiger partial charge >= 0.3 is 12.1 Å². The van der Waals surface area contributed by atoms with Crippen molar-refractivity contribution in [3.63, 3.8) is 0 Å². The molecule has 0 saturated heterocycles. The average Bonchev–Trinajstić information content (AvgIpc) is 3.20. The van der Waals surface area contributed by atoms with Crippen LogP contribution < -0.4 is 4.90 Å². The van der Waals surface area contributed by atoms with E-state index in [9.17, 15) is 14.4 Å². The molecule has 0 radical (unpaired) electrons. The van der Waals surface area contributed by atoms with Gasteiger partial charge in [-0.15, -0.1) is 11.3 Å². The predicted molar refractivity (Wildman–Crippen MR) is 123 cm³/mol. The first-order valence-electron chi connectivity index (χ1n) is 10.5. The number of ether oxygens (including phenoxy) is 2. The van der Waals surface area contributed by atoms with E-state index in [1.54, 1.807) is 31.2 Å². The van der Waals surface area contributed by atoms with Crippen molar-refractivity contribution in [3.05, 3.63) is 82.2 Å². The number of thiophene rings is 1. The van der Waals surface area contributed by atoms with Crippen LogP contribution in [-0.2, 0) is 22.5 Å². The van der Waals surface area contributed by atoms with Crippen LogP contribution in [-0.4, -0.2) is 24.5 Å². The van der Waals surface area contributed by atoms with Gasteiger partial charge in [-0.25, -0.2) is 14.5 Å². The lowest BCUT2D eigenvalue weighted by atomic mass is 9.91. The molecular weight excluding hydrogens is 426 g/mol. The zero-order chi connectivity index (χ0) is 22.5. The number of para-hydroxylation sites is 1. The van der Waals surface area contributed by atoms with Crippen molar-refractivity contribution < 1.29 is 23.9 Å². The Balaban J connectivity index is 1.77. The van der Waals surface area contributed by atoms with Gasteiger partial charge in [0.15, 0.2) is 5.78 Å². The van der Waals surface area contributed by atoms with Crippen LogP contribution in [0.1, 0.15) is 50.9 Å². The molecule has 0 unspecified atom stereocenters. The molecule has 1 aliphatic rings. The number of esters is 1. The monoisotopic (exact) mass is 449 g/mol. The van der Waals surface area contributed by atoms with Crippen molar-refractivity contribution in [2.24, 2.45) is 0 Å². The SMILES string of the molecule is CCOC(=O)c1sc(N(C(=O)OCc2ccccc2)c2ccccc2)c2c1CCCC2=O. The maximum atomic E-state index is 13.3. The van der Waals surface area contributed by atoms with Gasteiger partial charge in [0.25, 0.3) is 0 Å². The molecule has 0 fully saturated rings. The maximum absolute atomic E-state index is 13.3. The highest BCUT2D eigenvalue weighted by Gasteiger charge is 2.35. The molecule has 0 atom stereocenters. The van der Waals surface area contributed by atoms with E-state index in [4.69, 9.17) is 9.47 Å². The van der Waals surface area contributed by atoms with Gasteiger partial charge in [-0.2, -0.15) is 0 Å². The van der Waals surface area contributed by atoms with Crippen molar-refractivity contribution in [2.75, 3.05) is 11.5 Å². The molecule has 1 amide bonds. The number of rotatable bonds is 6. The number of carbonyl (C=O) groups excluding carboxylic acids is 3. The number of anilines is 2. The van der Waals surface area contributed by atoms with Gasteiger partial charge in [-0.1, -0.05) is 48.5 Å². The average molecular weight is 450 g/mol. The van der Waals surface area contributed by atoms with Gasteiger partial charge in [0.2, 0.25) is 0 Å². The minimum absolute atomic E-state index is 0.0789. The van der Waals surface area contributed by atoms with Crippen LogP contribution >= 0.6 is 11.3 Å². The summed E-state index contributed by atoms with van der Waals surface area (Å²) in [5.41, 5.74) is 2.50.